The summed E-state index contributed by atoms with van der Waals surface area (Å²) in [7, 11) is 0. The summed E-state index contributed by atoms with van der Waals surface area (Å²) in [6.45, 7) is 0. The molecule has 0 saturated carbocycles. The van der Waals surface area contributed by atoms with Gasteiger partial charge in [0, 0.05) is 0 Å². The maximum Gasteiger partial charge on any atom is 0.276 e. The van der Waals surface area contributed by atoms with Crippen molar-refractivity contribution >= 4 is 69.2 Å². The zero-order chi connectivity index (χ0) is 11.8. The second-order valence-corrected chi connectivity index (χ2v) is 5.70. The van der Waals surface area contributed by atoms with Crippen molar-refractivity contribution in [3.05, 3.63) is 18.2 Å². The molecule has 0 unspecified atom stereocenters. The van der Waals surface area contributed by atoms with Crippen LogP contribution in [0, 0.1) is 0 Å². The number of carbonyl (C=O) groups is 1. The number of carbonyl (C=O) groups excluding carboxylic acids is 1. The van der Waals surface area contributed by atoms with Crippen LogP contribution in [0.5, 0.6) is 0 Å². The maximum atomic E-state index is 11.4. The number of alkyl halides is 3. The summed E-state index contributed by atoms with van der Waals surface area (Å²) in [5.74, 6) is -0.724. The van der Waals surface area contributed by atoms with Gasteiger partial charge in [-0.3, -0.25) is 4.79 Å². The summed E-state index contributed by atoms with van der Waals surface area (Å²) in [5.41, 5.74) is 1.74. The zero-order valence-electron chi connectivity index (χ0n) is 7.58. The summed E-state index contributed by atoms with van der Waals surface area (Å²) >= 11 is 17.4. The van der Waals surface area contributed by atoms with E-state index in [4.69, 9.17) is 34.8 Å². The Balaban J connectivity index is 2.35. The normalized spacial score (nSPS) is 11.7. The van der Waals surface area contributed by atoms with Crippen LogP contribution in [-0.4, -0.2) is 18.4 Å². The molecule has 1 heterocycles. The molecule has 0 spiro atoms. The predicted molar refractivity (Wildman–Crippen MR) is 66.3 cm³/mol. The minimum absolute atomic E-state index is 0.475. The van der Waals surface area contributed by atoms with Crippen LogP contribution in [-0.2, 0) is 4.79 Å². The third-order valence-corrected chi connectivity index (χ3v) is 2.85. The number of nitrogens with zero attached hydrogens (tertiary/aromatic N) is 2. The molecule has 0 aliphatic rings. The third kappa shape index (κ3) is 2.38. The number of halogens is 3. The van der Waals surface area contributed by atoms with Gasteiger partial charge in [-0.2, -0.15) is 8.75 Å². The molecule has 0 fully saturated rings. The van der Waals surface area contributed by atoms with Crippen molar-refractivity contribution in [2.45, 2.75) is 3.79 Å². The predicted octanol–water partition coefficient (Wildman–Crippen LogP) is 3.00. The SMILES string of the molecule is O=C(Nc1cccc2nsnc12)C(Cl)(Cl)Cl. The van der Waals surface area contributed by atoms with Crippen molar-refractivity contribution in [1.82, 2.24) is 8.75 Å². The smallest absolute Gasteiger partial charge is 0.276 e. The first-order valence-corrected chi connectivity index (χ1v) is 5.94. The van der Waals surface area contributed by atoms with Crippen LogP contribution in [0.15, 0.2) is 18.2 Å². The van der Waals surface area contributed by atoms with Crippen LogP contribution >= 0.6 is 46.5 Å². The first kappa shape index (κ1) is 11.9. The van der Waals surface area contributed by atoms with E-state index in [1.54, 1.807) is 18.2 Å². The third-order valence-electron chi connectivity index (χ3n) is 1.79. The Morgan fingerprint density at radius 1 is 1.31 bits per heavy atom. The molecule has 4 nitrogen and oxygen atoms in total. The van der Waals surface area contributed by atoms with Gasteiger partial charge >= 0.3 is 0 Å². The van der Waals surface area contributed by atoms with E-state index in [1.807, 2.05) is 0 Å². The lowest BCUT2D eigenvalue weighted by molar-refractivity contribution is -0.115. The van der Waals surface area contributed by atoms with E-state index >= 15 is 0 Å². The highest BCUT2D eigenvalue weighted by Crippen LogP contribution is 2.29. The topological polar surface area (TPSA) is 54.9 Å². The quantitative estimate of drug-likeness (QED) is 0.823. The molecule has 1 aromatic carbocycles. The van der Waals surface area contributed by atoms with E-state index in [0.717, 1.165) is 11.7 Å². The Labute approximate surface area is 110 Å². The first-order chi connectivity index (χ1) is 7.48. The monoisotopic (exact) mass is 295 g/mol. The molecule has 84 valence electrons. The van der Waals surface area contributed by atoms with Crippen LogP contribution in [0.4, 0.5) is 5.69 Å². The summed E-state index contributed by atoms with van der Waals surface area (Å²) in [5, 5.41) is 2.48. The molecule has 0 radical (unpaired) electrons. The van der Waals surface area contributed by atoms with Gasteiger partial charge in [0.15, 0.2) is 0 Å². The van der Waals surface area contributed by atoms with Crippen molar-refractivity contribution in [2.75, 3.05) is 5.32 Å². The highest BCUT2D eigenvalue weighted by molar-refractivity contribution is 7.00. The van der Waals surface area contributed by atoms with Crippen molar-refractivity contribution in [1.29, 1.82) is 0 Å². The van der Waals surface area contributed by atoms with Gasteiger partial charge in [0.05, 0.1) is 17.4 Å². The first-order valence-electron chi connectivity index (χ1n) is 4.08. The number of fused-ring (bicyclic) bond motifs is 1. The summed E-state index contributed by atoms with van der Waals surface area (Å²) < 4.78 is 6.08. The maximum absolute atomic E-state index is 11.4. The van der Waals surface area contributed by atoms with E-state index in [2.05, 4.69) is 14.1 Å². The van der Waals surface area contributed by atoms with Gasteiger partial charge in [-0.1, -0.05) is 40.9 Å². The van der Waals surface area contributed by atoms with Crippen LogP contribution < -0.4 is 5.32 Å². The minimum Gasteiger partial charge on any atom is -0.320 e. The largest absolute Gasteiger partial charge is 0.320 e. The molecule has 1 amide bonds. The van der Waals surface area contributed by atoms with Gasteiger partial charge in [0.1, 0.15) is 11.0 Å². The van der Waals surface area contributed by atoms with Crippen LogP contribution in [0.3, 0.4) is 0 Å². The van der Waals surface area contributed by atoms with Crippen LogP contribution in [0.25, 0.3) is 11.0 Å². The standard InChI is InChI=1S/C8H4Cl3N3OS/c9-8(10,11)7(15)12-4-2-1-3-5-6(4)14-16-13-5/h1-3H,(H,12,15). The average molecular weight is 297 g/mol. The Bertz CT molecular complexity index is 537. The van der Waals surface area contributed by atoms with Crippen molar-refractivity contribution in [3.8, 4) is 0 Å². The van der Waals surface area contributed by atoms with E-state index in [9.17, 15) is 4.79 Å². The Kier molecular flexibility index (Phi) is 3.21. The lowest BCUT2D eigenvalue weighted by Gasteiger charge is -2.11. The summed E-state index contributed by atoms with van der Waals surface area (Å²) in [4.78, 5) is 11.4. The number of aromatic nitrogens is 2. The van der Waals surface area contributed by atoms with Crippen molar-refractivity contribution in [3.63, 3.8) is 0 Å². The van der Waals surface area contributed by atoms with Crippen molar-refractivity contribution in [2.24, 2.45) is 0 Å². The number of anilines is 1. The molecular weight excluding hydrogens is 293 g/mol. The second kappa shape index (κ2) is 4.33. The highest BCUT2D eigenvalue weighted by Gasteiger charge is 2.31. The van der Waals surface area contributed by atoms with E-state index in [1.165, 1.54) is 0 Å². The van der Waals surface area contributed by atoms with E-state index in [0.29, 0.717) is 16.7 Å². The Morgan fingerprint density at radius 3 is 2.75 bits per heavy atom. The van der Waals surface area contributed by atoms with Gasteiger partial charge in [-0.25, -0.2) is 0 Å². The number of rotatable bonds is 1. The molecule has 0 aliphatic heterocycles. The Morgan fingerprint density at radius 2 is 2.06 bits per heavy atom. The fourth-order valence-corrected chi connectivity index (χ4v) is 1.79. The van der Waals surface area contributed by atoms with Gasteiger partial charge in [-0.15, -0.1) is 0 Å². The molecular formula is C8H4Cl3N3OS. The number of nitrogens with one attached hydrogen (secondary N) is 1. The fourth-order valence-electron chi connectivity index (χ4n) is 1.10. The van der Waals surface area contributed by atoms with Gasteiger partial charge < -0.3 is 5.32 Å². The molecule has 2 rings (SSSR count). The second-order valence-electron chi connectivity index (χ2n) is 2.89. The van der Waals surface area contributed by atoms with Crippen molar-refractivity contribution < 1.29 is 4.79 Å². The lowest BCUT2D eigenvalue weighted by atomic mass is 10.2. The van der Waals surface area contributed by atoms with Crippen LogP contribution in [0.1, 0.15) is 0 Å². The molecule has 0 atom stereocenters. The molecule has 8 heteroatoms. The molecule has 0 saturated heterocycles. The summed E-state index contributed by atoms with van der Waals surface area (Å²) in [6.07, 6.45) is 0. The molecule has 2 aromatic rings. The van der Waals surface area contributed by atoms with Gasteiger partial charge in [0.2, 0.25) is 0 Å². The highest BCUT2D eigenvalue weighted by atomic mass is 35.6. The number of amides is 1. The average Bonchev–Trinajstić information content (AvgIpc) is 2.65. The lowest BCUT2D eigenvalue weighted by Crippen LogP contribution is -2.27. The molecule has 1 aromatic heterocycles. The number of hydrogen-bond donors (Lipinski definition) is 1. The Hall–Kier alpha value is -0.620. The summed E-state index contributed by atoms with van der Waals surface area (Å²) in [6, 6.07) is 5.18. The number of benzene rings is 1. The molecule has 0 bridgehead atoms. The molecule has 1 N–H and O–H groups in total. The van der Waals surface area contributed by atoms with E-state index < -0.39 is 9.70 Å². The minimum atomic E-state index is -1.99. The van der Waals surface area contributed by atoms with Gasteiger partial charge in [-0.05, 0) is 12.1 Å². The van der Waals surface area contributed by atoms with Crippen LogP contribution in [0.2, 0.25) is 0 Å². The fraction of sp³-hybridized carbons (Fsp3) is 0.125. The van der Waals surface area contributed by atoms with E-state index in [-0.39, 0.29) is 0 Å². The number of hydrogen-bond acceptors (Lipinski definition) is 4. The van der Waals surface area contributed by atoms with Gasteiger partial charge in [0.25, 0.3) is 9.70 Å². The molecule has 16 heavy (non-hydrogen) atoms. The molecule has 0 aliphatic carbocycles. The zero-order valence-corrected chi connectivity index (χ0v) is 10.7.